The summed E-state index contributed by atoms with van der Waals surface area (Å²) in [6.07, 6.45) is 2.88. The van der Waals surface area contributed by atoms with Crippen molar-refractivity contribution in [2.75, 3.05) is 4.90 Å². The number of amides is 2. The van der Waals surface area contributed by atoms with E-state index in [2.05, 4.69) is 15.5 Å². The molecule has 2 aromatic heterocycles. The zero-order valence-corrected chi connectivity index (χ0v) is 22.0. The lowest BCUT2D eigenvalue weighted by atomic mass is 10.2. The van der Waals surface area contributed by atoms with Crippen LogP contribution in [0.2, 0.25) is 5.02 Å². The Balaban J connectivity index is 1.44. The molecule has 0 bridgehead atoms. The molecule has 1 saturated heterocycles. The van der Waals surface area contributed by atoms with Crippen molar-refractivity contribution in [3.05, 3.63) is 97.0 Å². The highest BCUT2D eigenvalue weighted by Crippen LogP contribution is 2.36. The number of rotatable bonds is 5. The van der Waals surface area contributed by atoms with E-state index in [0.29, 0.717) is 21.2 Å². The van der Waals surface area contributed by atoms with Crippen molar-refractivity contribution < 1.29 is 14.0 Å². The number of anilines is 1. The summed E-state index contributed by atoms with van der Waals surface area (Å²) >= 11 is 7.02. The Kier molecular flexibility index (Phi) is 6.93. The molecule has 0 spiro atoms. The maximum Gasteiger partial charge on any atom is 0.332 e. The molecular formula is C25H19ClFN7O4S. The molecule has 0 saturated carbocycles. The molecule has 1 fully saturated rings. The highest BCUT2D eigenvalue weighted by atomic mass is 35.5. The van der Waals surface area contributed by atoms with Gasteiger partial charge in [0.15, 0.2) is 16.3 Å². The van der Waals surface area contributed by atoms with E-state index in [9.17, 15) is 23.6 Å². The number of hydrogen-bond donors (Lipinski definition) is 1. The van der Waals surface area contributed by atoms with Gasteiger partial charge in [0, 0.05) is 19.1 Å². The number of nitrogens with one attached hydrogen (secondary N) is 1. The van der Waals surface area contributed by atoms with Crippen molar-refractivity contribution in [3.63, 3.8) is 0 Å². The minimum absolute atomic E-state index is 0.0835. The number of nitrogens with zero attached hydrogens (tertiary/aromatic N) is 6. The van der Waals surface area contributed by atoms with Crippen LogP contribution >= 0.6 is 23.4 Å². The van der Waals surface area contributed by atoms with Crippen molar-refractivity contribution >= 4 is 63.3 Å². The molecule has 1 aliphatic rings. The molecule has 11 nitrogen and oxygen atoms in total. The topological polar surface area (TPSA) is 124 Å². The molecule has 198 valence electrons. The van der Waals surface area contributed by atoms with Crippen LogP contribution < -0.4 is 21.6 Å². The van der Waals surface area contributed by atoms with Gasteiger partial charge in [0.05, 0.1) is 16.9 Å². The summed E-state index contributed by atoms with van der Waals surface area (Å²) in [5.74, 6) is -1.40. The van der Waals surface area contributed by atoms with Crippen molar-refractivity contribution in [3.8, 4) is 0 Å². The fraction of sp³-hybridized carbons (Fsp3) is 0.120. The maximum absolute atomic E-state index is 13.3. The molecule has 39 heavy (non-hydrogen) atoms. The molecule has 0 atom stereocenters. The Morgan fingerprint density at radius 1 is 1.08 bits per heavy atom. The summed E-state index contributed by atoms with van der Waals surface area (Å²) in [4.78, 5) is 56.6. The van der Waals surface area contributed by atoms with Gasteiger partial charge in [0.1, 0.15) is 12.4 Å². The van der Waals surface area contributed by atoms with Crippen LogP contribution in [0, 0.1) is 5.82 Å². The molecular weight excluding hydrogens is 549 g/mol. The summed E-state index contributed by atoms with van der Waals surface area (Å²) < 4.78 is 16.8. The molecule has 5 rings (SSSR count). The second-order valence-corrected chi connectivity index (χ2v) is 9.90. The molecule has 3 heterocycles. The van der Waals surface area contributed by atoms with Crippen molar-refractivity contribution in [1.29, 1.82) is 0 Å². The number of halogens is 2. The molecule has 2 amide bonds. The number of hydrogen-bond acceptors (Lipinski definition) is 7. The highest BCUT2D eigenvalue weighted by molar-refractivity contribution is 8.19. The number of thioether (sulfide) groups is 1. The molecule has 2 aromatic carbocycles. The molecule has 14 heteroatoms. The first-order chi connectivity index (χ1) is 18.6. The van der Waals surface area contributed by atoms with Gasteiger partial charge >= 0.3 is 5.69 Å². The monoisotopic (exact) mass is 567 g/mol. The lowest BCUT2D eigenvalue weighted by molar-refractivity contribution is -0.121. The van der Waals surface area contributed by atoms with Crippen molar-refractivity contribution in [1.82, 2.24) is 24.1 Å². The van der Waals surface area contributed by atoms with Crippen LogP contribution in [0.15, 0.2) is 74.5 Å². The first-order valence-corrected chi connectivity index (χ1v) is 12.6. The normalized spacial score (nSPS) is 15.6. The molecule has 0 radical (unpaired) electrons. The summed E-state index contributed by atoms with van der Waals surface area (Å²) in [6, 6.07) is 12.1. The summed E-state index contributed by atoms with van der Waals surface area (Å²) in [5.41, 5.74) is 2.59. The molecule has 4 aromatic rings. The van der Waals surface area contributed by atoms with Crippen LogP contribution in [-0.2, 0) is 30.2 Å². The predicted octanol–water partition coefficient (Wildman–Crippen LogP) is 2.43. The number of hydrazone groups is 1. The van der Waals surface area contributed by atoms with Crippen LogP contribution in [0.4, 0.5) is 10.1 Å². The lowest BCUT2D eigenvalue weighted by Gasteiger charge is -2.15. The molecule has 1 N–H and O–H groups in total. The Bertz CT molecular complexity index is 1810. The van der Waals surface area contributed by atoms with E-state index < -0.39 is 28.9 Å². The van der Waals surface area contributed by atoms with Gasteiger partial charge in [-0.15, -0.1) is 5.10 Å². The Morgan fingerprint density at radius 3 is 2.46 bits per heavy atom. The SMILES string of the molecule is Cn1c(=O)c2c(ncn2CC(=O)N/N=C2/S/C(=C/c3ccc(F)cc3)C(=O)N2c2ccc(Cl)cc2)n(C)c1=O. The fourth-order valence-electron chi connectivity index (χ4n) is 3.89. The lowest BCUT2D eigenvalue weighted by Crippen LogP contribution is -2.38. The summed E-state index contributed by atoms with van der Waals surface area (Å²) in [7, 11) is 2.81. The number of aryl methyl sites for hydroxylation is 1. The van der Waals surface area contributed by atoms with Crippen LogP contribution in [0.1, 0.15) is 5.56 Å². The summed E-state index contributed by atoms with van der Waals surface area (Å²) in [6.45, 7) is -0.321. The van der Waals surface area contributed by atoms with Gasteiger partial charge in [0.2, 0.25) is 0 Å². The first-order valence-electron chi connectivity index (χ1n) is 11.4. The Morgan fingerprint density at radius 2 is 1.77 bits per heavy atom. The number of fused-ring (bicyclic) bond motifs is 1. The Hall–Kier alpha value is -4.49. The largest absolute Gasteiger partial charge is 0.332 e. The number of aromatic nitrogens is 4. The van der Waals surface area contributed by atoms with E-state index in [-0.39, 0.29) is 22.9 Å². The standard InChI is InChI=1S/C25H19ClFN7O4S/c1-31-21-20(23(37)32(2)25(31)38)33(13-28-21)12-19(35)29-30-24-34(17-9-5-15(26)6-10-17)22(36)18(39-24)11-14-3-7-16(27)8-4-14/h3-11,13H,12H2,1-2H3,(H,29,35)/b18-11+,30-24+. The van der Waals surface area contributed by atoms with E-state index in [0.717, 1.165) is 16.3 Å². The van der Waals surface area contributed by atoms with E-state index >= 15 is 0 Å². The van der Waals surface area contributed by atoms with Gasteiger partial charge in [-0.1, -0.05) is 23.7 Å². The Labute approximate surface area is 228 Å². The van der Waals surface area contributed by atoms with E-state index in [1.54, 1.807) is 30.3 Å². The predicted molar refractivity (Wildman–Crippen MR) is 147 cm³/mol. The minimum atomic E-state index is -0.599. The fourth-order valence-corrected chi connectivity index (χ4v) is 4.96. The number of imidazole rings is 1. The van der Waals surface area contributed by atoms with Gasteiger partial charge < -0.3 is 4.57 Å². The average molecular weight is 568 g/mol. The molecule has 1 aliphatic heterocycles. The number of carbonyl (C=O) groups excluding carboxylic acids is 2. The second-order valence-electron chi connectivity index (χ2n) is 8.46. The first kappa shape index (κ1) is 26.1. The van der Waals surface area contributed by atoms with Gasteiger partial charge in [0.25, 0.3) is 17.4 Å². The van der Waals surface area contributed by atoms with Crippen LogP contribution in [0.3, 0.4) is 0 Å². The highest BCUT2D eigenvalue weighted by Gasteiger charge is 2.35. The molecule has 0 aliphatic carbocycles. The number of amidine groups is 1. The van der Waals surface area contributed by atoms with E-state index in [1.165, 1.54) is 58.7 Å². The second kappa shape index (κ2) is 10.3. The number of carbonyl (C=O) groups is 2. The third-order valence-corrected chi connectivity index (χ3v) is 7.09. The third-order valence-electron chi connectivity index (χ3n) is 5.87. The minimum Gasteiger partial charge on any atom is -0.315 e. The van der Waals surface area contributed by atoms with Gasteiger partial charge in [-0.05, 0) is 59.8 Å². The van der Waals surface area contributed by atoms with Crippen molar-refractivity contribution in [2.45, 2.75) is 6.54 Å². The maximum atomic E-state index is 13.3. The van der Waals surface area contributed by atoms with Gasteiger partial charge in [-0.3, -0.25) is 28.4 Å². The molecule has 0 unspecified atom stereocenters. The smallest absolute Gasteiger partial charge is 0.315 e. The number of benzene rings is 2. The van der Waals surface area contributed by atoms with Gasteiger partial charge in [-0.25, -0.2) is 19.6 Å². The zero-order valence-electron chi connectivity index (χ0n) is 20.5. The van der Waals surface area contributed by atoms with Crippen molar-refractivity contribution in [2.24, 2.45) is 19.2 Å². The van der Waals surface area contributed by atoms with E-state index in [1.807, 2.05) is 0 Å². The third kappa shape index (κ3) is 5.01. The average Bonchev–Trinajstić information content (AvgIpc) is 3.47. The zero-order chi connectivity index (χ0) is 27.8. The van der Waals surface area contributed by atoms with Crippen LogP contribution in [-0.4, -0.2) is 35.7 Å². The van der Waals surface area contributed by atoms with E-state index in [4.69, 9.17) is 11.6 Å². The summed E-state index contributed by atoms with van der Waals surface area (Å²) in [5, 5.41) is 4.81. The van der Waals surface area contributed by atoms with Crippen LogP contribution in [0.25, 0.3) is 17.2 Å². The van der Waals surface area contributed by atoms with Gasteiger partial charge in [-0.2, -0.15) is 0 Å². The van der Waals surface area contributed by atoms with Crippen LogP contribution in [0.5, 0.6) is 0 Å². The quantitative estimate of drug-likeness (QED) is 0.292.